The molecule has 0 spiro atoms. The summed E-state index contributed by atoms with van der Waals surface area (Å²) in [5.74, 6) is 0.388. The van der Waals surface area contributed by atoms with Crippen molar-refractivity contribution in [3.63, 3.8) is 0 Å². The van der Waals surface area contributed by atoms with Gasteiger partial charge in [0.1, 0.15) is 5.69 Å². The van der Waals surface area contributed by atoms with Crippen molar-refractivity contribution < 1.29 is 4.79 Å². The summed E-state index contributed by atoms with van der Waals surface area (Å²) in [4.78, 5) is 16.9. The molecule has 2 aromatic rings. The minimum atomic E-state index is -0.305. The van der Waals surface area contributed by atoms with Crippen LogP contribution in [0, 0.1) is 5.92 Å². The van der Waals surface area contributed by atoms with Crippen LogP contribution in [0.5, 0.6) is 0 Å². The summed E-state index contributed by atoms with van der Waals surface area (Å²) >= 11 is 1.53. The smallest absolute Gasteiger partial charge is 0.271 e. The highest BCUT2D eigenvalue weighted by Crippen LogP contribution is 2.39. The SMILES string of the molecule is CC(CN)(NC(=O)c1csc(Cc2ccccc2)n1)C1CC1.Cl.Cl. The van der Waals surface area contributed by atoms with Gasteiger partial charge in [-0.1, -0.05) is 30.3 Å². The van der Waals surface area contributed by atoms with Crippen molar-refractivity contribution in [3.05, 3.63) is 52.0 Å². The van der Waals surface area contributed by atoms with Gasteiger partial charge in [0, 0.05) is 18.3 Å². The molecule has 1 unspecified atom stereocenters. The third kappa shape index (κ3) is 4.93. The Hall–Kier alpha value is -1.14. The largest absolute Gasteiger partial charge is 0.344 e. The average Bonchev–Trinajstić information content (AvgIpc) is 3.29. The van der Waals surface area contributed by atoms with E-state index in [9.17, 15) is 4.79 Å². The maximum Gasteiger partial charge on any atom is 0.271 e. The minimum absolute atomic E-state index is 0. The highest BCUT2D eigenvalue weighted by Gasteiger charge is 2.41. The molecule has 1 aromatic heterocycles. The van der Waals surface area contributed by atoms with Crippen molar-refractivity contribution in [1.82, 2.24) is 10.3 Å². The standard InChI is InChI=1S/C17H21N3OS.2ClH/c1-17(11-18,13-7-8-13)20-16(21)14-10-22-15(19-14)9-12-5-3-2-4-6-12;;/h2-6,10,13H,7-9,11,18H2,1H3,(H,20,21);2*1H. The molecule has 1 saturated carbocycles. The molecule has 1 aliphatic rings. The molecule has 1 aromatic carbocycles. The van der Waals surface area contributed by atoms with Gasteiger partial charge >= 0.3 is 0 Å². The molecule has 1 amide bonds. The number of carbonyl (C=O) groups is 1. The molecule has 0 saturated heterocycles. The van der Waals surface area contributed by atoms with Gasteiger partial charge in [-0.25, -0.2) is 4.98 Å². The second-order valence-corrected chi connectivity index (χ2v) is 7.08. The molecule has 132 valence electrons. The summed E-state index contributed by atoms with van der Waals surface area (Å²) in [7, 11) is 0. The molecule has 0 bridgehead atoms. The van der Waals surface area contributed by atoms with Gasteiger partial charge in [0.25, 0.3) is 5.91 Å². The number of nitrogens with zero attached hydrogens (tertiary/aromatic N) is 1. The molecule has 24 heavy (non-hydrogen) atoms. The van der Waals surface area contributed by atoms with Crippen molar-refractivity contribution in [2.75, 3.05) is 6.54 Å². The fourth-order valence-corrected chi connectivity index (χ4v) is 3.44. The molecule has 4 nitrogen and oxygen atoms in total. The molecule has 3 rings (SSSR count). The van der Waals surface area contributed by atoms with Crippen LogP contribution in [0.1, 0.15) is 40.8 Å². The molecular weight excluding hydrogens is 365 g/mol. The van der Waals surface area contributed by atoms with Gasteiger partial charge in [-0.15, -0.1) is 36.2 Å². The lowest BCUT2D eigenvalue weighted by atomic mass is 9.96. The zero-order valence-corrected chi connectivity index (χ0v) is 16.0. The quantitative estimate of drug-likeness (QED) is 0.797. The number of aromatic nitrogens is 1. The summed E-state index contributed by atoms with van der Waals surface area (Å²) in [5.41, 5.74) is 7.24. The maximum atomic E-state index is 12.4. The number of thiazole rings is 1. The second-order valence-electron chi connectivity index (χ2n) is 6.14. The highest BCUT2D eigenvalue weighted by atomic mass is 35.5. The first-order valence-corrected chi connectivity index (χ1v) is 8.49. The fraction of sp³-hybridized carbons (Fsp3) is 0.412. The number of rotatable bonds is 6. The van der Waals surface area contributed by atoms with Crippen LogP contribution >= 0.6 is 36.2 Å². The zero-order valence-electron chi connectivity index (χ0n) is 13.5. The zero-order chi connectivity index (χ0) is 15.6. The van der Waals surface area contributed by atoms with Crippen LogP contribution in [0.25, 0.3) is 0 Å². The molecule has 1 atom stereocenters. The number of halogens is 2. The van der Waals surface area contributed by atoms with Crippen molar-refractivity contribution in [3.8, 4) is 0 Å². The second kappa shape index (κ2) is 8.81. The third-order valence-electron chi connectivity index (χ3n) is 4.28. The Labute approximate surface area is 159 Å². The van der Waals surface area contributed by atoms with Crippen molar-refractivity contribution in [2.24, 2.45) is 11.7 Å². The van der Waals surface area contributed by atoms with E-state index in [0.717, 1.165) is 24.3 Å². The first-order chi connectivity index (χ1) is 10.6. The Morgan fingerprint density at radius 1 is 1.33 bits per heavy atom. The Bertz CT molecular complexity index is 661. The minimum Gasteiger partial charge on any atom is -0.344 e. The van der Waals surface area contributed by atoms with Crippen molar-refractivity contribution in [2.45, 2.75) is 31.7 Å². The van der Waals surface area contributed by atoms with Crippen LogP contribution in [-0.4, -0.2) is 23.0 Å². The third-order valence-corrected chi connectivity index (χ3v) is 5.13. The first kappa shape index (κ1) is 20.9. The average molecular weight is 388 g/mol. The van der Waals surface area contributed by atoms with Crippen LogP contribution in [0.4, 0.5) is 0 Å². The van der Waals surface area contributed by atoms with E-state index in [0.29, 0.717) is 18.2 Å². The summed E-state index contributed by atoms with van der Waals surface area (Å²) in [6, 6.07) is 10.2. The molecule has 1 fully saturated rings. The van der Waals surface area contributed by atoms with E-state index in [1.807, 2.05) is 30.5 Å². The van der Waals surface area contributed by atoms with E-state index >= 15 is 0 Å². The summed E-state index contributed by atoms with van der Waals surface area (Å²) in [6.45, 7) is 2.49. The van der Waals surface area contributed by atoms with E-state index in [1.54, 1.807) is 0 Å². The normalized spacial score (nSPS) is 15.6. The van der Waals surface area contributed by atoms with Gasteiger partial charge in [0.15, 0.2) is 0 Å². The van der Waals surface area contributed by atoms with Crippen LogP contribution in [0.3, 0.4) is 0 Å². The molecule has 1 heterocycles. The molecule has 7 heteroatoms. The van der Waals surface area contributed by atoms with Crippen LogP contribution < -0.4 is 11.1 Å². The number of nitrogens with one attached hydrogen (secondary N) is 1. The summed E-state index contributed by atoms with van der Waals surface area (Å²) in [6.07, 6.45) is 3.05. The topological polar surface area (TPSA) is 68.0 Å². The Morgan fingerprint density at radius 2 is 2.00 bits per heavy atom. The van der Waals surface area contributed by atoms with E-state index in [1.165, 1.54) is 16.9 Å². The lowest BCUT2D eigenvalue weighted by molar-refractivity contribution is 0.0893. The van der Waals surface area contributed by atoms with E-state index in [4.69, 9.17) is 5.73 Å². The Kier molecular flexibility index (Phi) is 7.67. The van der Waals surface area contributed by atoms with Crippen molar-refractivity contribution >= 4 is 42.1 Å². The Morgan fingerprint density at radius 3 is 2.58 bits per heavy atom. The summed E-state index contributed by atoms with van der Waals surface area (Å²) < 4.78 is 0. The molecule has 0 aliphatic heterocycles. The predicted molar refractivity (Wildman–Crippen MR) is 104 cm³/mol. The first-order valence-electron chi connectivity index (χ1n) is 7.61. The van der Waals surface area contributed by atoms with Crippen molar-refractivity contribution in [1.29, 1.82) is 0 Å². The number of amides is 1. The fourth-order valence-electron chi connectivity index (χ4n) is 2.63. The predicted octanol–water partition coefficient (Wildman–Crippen LogP) is 3.43. The van der Waals surface area contributed by atoms with Gasteiger partial charge in [-0.05, 0) is 31.2 Å². The van der Waals surface area contributed by atoms with E-state index < -0.39 is 0 Å². The van der Waals surface area contributed by atoms with Gasteiger partial charge in [-0.3, -0.25) is 4.79 Å². The Balaban J connectivity index is 0.00000144. The van der Waals surface area contributed by atoms with Gasteiger partial charge in [0.05, 0.1) is 10.5 Å². The summed E-state index contributed by atoms with van der Waals surface area (Å²) in [5, 5.41) is 5.87. The van der Waals surface area contributed by atoms with Gasteiger partial charge in [0.2, 0.25) is 0 Å². The lowest BCUT2D eigenvalue weighted by Gasteiger charge is -2.29. The van der Waals surface area contributed by atoms with Gasteiger partial charge < -0.3 is 11.1 Å². The molecule has 3 N–H and O–H groups in total. The van der Waals surface area contributed by atoms with E-state index in [2.05, 4.69) is 22.4 Å². The molecular formula is C17H23Cl2N3OS. The molecule has 0 radical (unpaired) electrons. The van der Waals surface area contributed by atoms with Crippen LogP contribution in [0.15, 0.2) is 35.7 Å². The van der Waals surface area contributed by atoms with Crippen LogP contribution in [-0.2, 0) is 6.42 Å². The highest BCUT2D eigenvalue weighted by molar-refractivity contribution is 7.09. The lowest BCUT2D eigenvalue weighted by Crippen LogP contribution is -2.53. The monoisotopic (exact) mass is 387 g/mol. The molecule has 1 aliphatic carbocycles. The number of benzene rings is 1. The van der Waals surface area contributed by atoms with Gasteiger partial charge in [-0.2, -0.15) is 0 Å². The van der Waals surface area contributed by atoms with Crippen LogP contribution in [0.2, 0.25) is 0 Å². The number of nitrogens with two attached hydrogens (primary N) is 1. The number of hydrogen-bond acceptors (Lipinski definition) is 4. The van der Waals surface area contributed by atoms with E-state index in [-0.39, 0.29) is 36.3 Å². The number of hydrogen-bond donors (Lipinski definition) is 2. The maximum absolute atomic E-state index is 12.4. The number of carbonyl (C=O) groups excluding carboxylic acids is 1.